The van der Waals surface area contributed by atoms with Gasteiger partial charge in [-0.1, -0.05) is 0 Å². The summed E-state index contributed by atoms with van der Waals surface area (Å²) in [6.07, 6.45) is -0.733. The maximum Gasteiger partial charge on any atom is 0.166 e. The van der Waals surface area contributed by atoms with Crippen molar-refractivity contribution >= 4 is 0 Å². The van der Waals surface area contributed by atoms with Crippen LogP contribution in [0, 0.1) is 13.8 Å². The van der Waals surface area contributed by atoms with E-state index in [2.05, 4.69) is 0 Å². The van der Waals surface area contributed by atoms with Crippen molar-refractivity contribution in [2.45, 2.75) is 20.0 Å². The molecule has 1 aromatic rings. The molecule has 0 saturated heterocycles. The van der Waals surface area contributed by atoms with E-state index in [0.717, 1.165) is 11.1 Å². The molecule has 1 atom stereocenters. The Balaban J connectivity index is 3.46. The first-order chi connectivity index (χ1) is 7.56. The Morgan fingerprint density at radius 2 is 1.94 bits per heavy atom. The maximum absolute atomic E-state index is 9.91. The van der Waals surface area contributed by atoms with Gasteiger partial charge < -0.3 is 20.3 Å². The summed E-state index contributed by atoms with van der Waals surface area (Å²) >= 11 is 0. The highest BCUT2D eigenvalue weighted by Crippen LogP contribution is 2.38. The lowest BCUT2D eigenvalue weighted by Crippen LogP contribution is -2.15. The van der Waals surface area contributed by atoms with Gasteiger partial charge in [-0.3, -0.25) is 0 Å². The summed E-state index contributed by atoms with van der Waals surface area (Å²) < 4.78 is 10.5. The first-order valence-electron chi connectivity index (χ1n) is 5.17. The van der Waals surface area contributed by atoms with E-state index in [1.54, 1.807) is 14.2 Å². The normalized spacial score (nSPS) is 12.4. The topological polar surface area (TPSA) is 64.7 Å². The van der Waals surface area contributed by atoms with Crippen molar-refractivity contribution in [2.75, 3.05) is 20.8 Å². The molecule has 0 aliphatic rings. The van der Waals surface area contributed by atoms with Crippen LogP contribution in [0.15, 0.2) is 6.07 Å². The van der Waals surface area contributed by atoms with E-state index in [-0.39, 0.29) is 6.54 Å². The zero-order valence-electron chi connectivity index (χ0n) is 10.2. The van der Waals surface area contributed by atoms with Crippen molar-refractivity contribution in [3.05, 3.63) is 22.8 Å². The summed E-state index contributed by atoms with van der Waals surface area (Å²) in [5.41, 5.74) is 8.23. The maximum atomic E-state index is 9.91. The number of methoxy groups -OCH3 is 2. The van der Waals surface area contributed by atoms with E-state index >= 15 is 0 Å². The lowest BCUT2D eigenvalue weighted by Gasteiger charge is -2.20. The number of hydrogen-bond acceptors (Lipinski definition) is 4. The Morgan fingerprint density at radius 1 is 1.31 bits per heavy atom. The van der Waals surface area contributed by atoms with Crippen LogP contribution in [0.3, 0.4) is 0 Å². The lowest BCUT2D eigenvalue weighted by atomic mass is 9.97. The molecule has 0 heterocycles. The van der Waals surface area contributed by atoms with E-state index in [1.807, 2.05) is 19.9 Å². The molecular weight excluding hydrogens is 206 g/mol. The van der Waals surface area contributed by atoms with Crippen molar-refractivity contribution in [3.8, 4) is 11.5 Å². The van der Waals surface area contributed by atoms with E-state index in [4.69, 9.17) is 15.2 Å². The Hall–Kier alpha value is -1.26. The van der Waals surface area contributed by atoms with Gasteiger partial charge in [0.05, 0.1) is 20.3 Å². The molecule has 0 saturated carbocycles. The fourth-order valence-electron chi connectivity index (χ4n) is 1.77. The molecule has 0 spiro atoms. The van der Waals surface area contributed by atoms with Crippen molar-refractivity contribution in [2.24, 2.45) is 5.73 Å². The zero-order valence-corrected chi connectivity index (χ0v) is 10.2. The number of aryl methyl sites for hydroxylation is 1. The summed E-state index contributed by atoms with van der Waals surface area (Å²) in [5.74, 6) is 1.18. The summed E-state index contributed by atoms with van der Waals surface area (Å²) in [6.45, 7) is 4.05. The van der Waals surface area contributed by atoms with Crippen LogP contribution in [0.25, 0.3) is 0 Å². The van der Waals surface area contributed by atoms with Gasteiger partial charge in [0.25, 0.3) is 0 Å². The highest BCUT2D eigenvalue weighted by molar-refractivity contribution is 5.54. The molecular formula is C12H19NO3. The number of aliphatic hydroxyl groups excluding tert-OH is 1. The third-order valence-corrected chi connectivity index (χ3v) is 2.79. The standard InChI is InChI=1S/C12H19NO3/c1-7-5-10(15-3)12(16-4)11(8(7)2)9(14)6-13/h5,9,14H,6,13H2,1-4H3. The van der Waals surface area contributed by atoms with E-state index in [1.165, 1.54) is 0 Å². The van der Waals surface area contributed by atoms with E-state index < -0.39 is 6.10 Å². The molecule has 1 unspecified atom stereocenters. The van der Waals surface area contributed by atoms with Crippen molar-refractivity contribution in [3.63, 3.8) is 0 Å². The molecule has 16 heavy (non-hydrogen) atoms. The van der Waals surface area contributed by atoms with Crippen LogP contribution < -0.4 is 15.2 Å². The van der Waals surface area contributed by atoms with E-state index in [0.29, 0.717) is 17.1 Å². The van der Waals surface area contributed by atoms with Crippen LogP contribution in [-0.4, -0.2) is 25.9 Å². The second-order valence-electron chi connectivity index (χ2n) is 3.72. The molecule has 90 valence electrons. The molecule has 1 rings (SSSR count). The largest absolute Gasteiger partial charge is 0.493 e. The highest BCUT2D eigenvalue weighted by Gasteiger charge is 2.20. The quantitative estimate of drug-likeness (QED) is 0.811. The monoisotopic (exact) mass is 225 g/mol. The van der Waals surface area contributed by atoms with Gasteiger partial charge in [-0.25, -0.2) is 0 Å². The van der Waals surface area contributed by atoms with Gasteiger partial charge in [-0.2, -0.15) is 0 Å². The molecule has 4 nitrogen and oxygen atoms in total. The predicted molar refractivity (Wildman–Crippen MR) is 63.0 cm³/mol. The van der Waals surface area contributed by atoms with Gasteiger partial charge in [-0.15, -0.1) is 0 Å². The van der Waals surface area contributed by atoms with Crippen molar-refractivity contribution in [1.29, 1.82) is 0 Å². The molecule has 1 aromatic carbocycles. The summed E-state index contributed by atoms with van der Waals surface area (Å²) in [6, 6.07) is 1.89. The first kappa shape index (κ1) is 12.8. The number of rotatable bonds is 4. The minimum Gasteiger partial charge on any atom is -0.493 e. The number of ether oxygens (including phenoxy) is 2. The lowest BCUT2D eigenvalue weighted by molar-refractivity contribution is 0.180. The zero-order chi connectivity index (χ0) is 12.3. The van der Waals surface area contributed by atoms with Crippen LogP contribution >= 0.6 is 0 Å². The Labute approximate surface area is 96.0 Å². The first-order valence-corrected chi connectivity index (χ1v) is 5.17. The van der Waals surface area contributed by atoms with Crippen LogP contribution in [0.1, 0.15) is 22.8 Å². The third-order valence-electron chi connectivity index (χ3n) is 2.79. The predicted octanol–water partition coefficient (Wildman–Crippen LogP) is 1.31. The molecule has 0 amide bonds. The fourth-order valence-corrected chi connectivity index (χ4v) is 1.77. The molecule has 0 aliphatic heterocycles. The van der Waals surface area contributed by atoms with Crippen molar-refractivity contribution in [1.82, 2.24) is 0 Å². The van der Waals surface area contributed by atoms with E-state index in [9.17, 15) is 5.11 Å². The fraction of sp³-hybridized carbons (Fsp3) is 0.500. The van der Waals surface area contributed by atoms with Gasteiger partial charge in [-0.05, 0) is 31.0 Å². The van der Waals surface area contributed by atoms with Crippen LogP contribution in [0.2, 0.25) is 0 Å². The number of hydrogen-bond donors (Lipinski definition) is 2. The summed E-state index contributed by atoms with van der Waals surface area (Å²) in [7, 11) is 3.13. The Bertz CT molecular complexity index is 377. The van der Waals surface area contributed by atoms with Gasteiger partial charge in [0.1, 0.15) is 0 Å². The molecule has 4 heteroatoms. The van der Waals surface area contributed by atoms with Gasteiger partial charge >= 0.3 is 0 Å². The second kappa shape index (κ2) is 5.18. The van der Waals surface area contributed by atoms with Gasteiger partial charge in [0, 0.05) is 12.1 Å². The molecule has 0 radical (unpaired) electrons. The second-order valence-corrected chi connectivity index (χ2v) is 3.72. The molecule has 0 aromatic heterocycles. The van der Waals surface area contributed by atoms with Gasteiger partial charge in [0.2, 0.25) is 0 Å². The SMILES string of the molecule is COc1cc(C)c(C)c(C(O)CN)c1OC. The minimum absolute atomic E-state index is 0.157. The molecule has 0 aliphatic carbocycles. The minimum atomic E-state index is -0.733. The van der Waals surface area contributed by atoms with Crippen LogP contribution in [0.5, 0.6) is 11.5 Å². The number of nitrogens with two attached hydrogens (primary N) is 1. The third kappa shape index (κ3) is 2.13. The average molecular weight is 225 g/mol. The smallest absolute Gasteiger partial charge is 0.166 e. The van der Waals surface area contributed by atoms with Gasteiger partial charge in [0.15, 0.2) is 11.5 Å². The van der Waals surface area contributed by atoms with Crippen molar-refractivity contribution < 1.29 is 14.6 Å². The average Bonchev–Trinajstić information content (AvgIpc) is 2.30. The molecule has 3 N–H and O–H groups in total. The molecule has 0 fully saturated rings. The Kier molecular flexibility index (Phi) is 4.15. The van der Waals surface area contributed by atoms with Crippen LogP contribution in [0.4, 0.5) is 0 Å². The number of benzene rings is 1. The number of aliphatic hydroxyl groups is 1. The highest BCUT2D eigenvalue weighted by atomic mass is 16.5. The summed E-state index contributed by atoms with van der Waals surface area (Å²) in [4.78, 5) is 0. The Morgan fingerprint density at radius 3 is 2.38 bits per heavy atom. The van der Waals surface area contributed by atoms with Crippen LogP contribution in [-0.2, 0) is 0 Å². The molecule has 0 bridgehead atoms. The summed E-state index contributed by atoms with van der Waals surface area (Å²) in [5, 5.41) is 9.91.